The minimum Gasteiger partial charge on any atom is -0.497 e. The molecule has 132 valence electrons. The number of benzene rings is 2. The highest BCUT2D eigenvalue weighted by molar-refractivity contribution is 8.18. The molecule has 0 saturated carbocycles. The molecule has 0 unspecified atom stereocenters. The van der Waals surface area contributed by atoms with Gasteiger partial charge in [-0.05, 0) is 53.7 Å². The SMILES string of the molecule is COc1ccc(/C=C2/SC(=Nc3ccc(Cl)c(C(=O)O)c3)NC2=O)cc1. The van der Waals surface area contributed by atoms with Gasteiger partial charge in [0.1, 0.15) is 5.75 Å². The average molecular weight is 389 g/mol. The van der Waals surface area contributed by atoms with Crippen LogP contribution in [-0.4, -0.2) is 29.3 Å². The van der Waals surface area contributed by atoms with Crippen molar-refractivity contribution in [2.75, 3.05) is 7.11 Å². The van der Waals surface area contributed by atoms with Crippen LogP contribution in [0.5, 0.6) is 5.75 Å². The van der Waals surface area contributed by atoms with E-state index in [2.05, 4.69) is 10.3 Å². The van der Waals surface area contributed by atoms with E-state index in [1.807, 2.05) is 12.1 Å². The number of carbonyl (C=O) groups excluding carboxylic acids is 1. The molecule has 0 aliphatic carbocycles. The first-order valence-corrected chi connectivity index (χ1v) is 8.62. The highest BCUT2D eigenvalue weighted by atomic mass is 35.5. The van der Waals surface area contributed by atoms with Gasteiger partial charge >= 0.3 is 5.97 Å². The lowest BCUT2D eigenvalue weighted by Crippen LogP contribution is -2.19. The molecule has 2 N–H and O–H groups in total. The van der Waals surface area contributed by atoms with Gasteiger partial charge in [-0.15, -0.1) is 0 Å². The van der Waals surface area contributed by atoms with Crippen LogP contribution < -0.4 is 10.1 Å². The molecule has 2 aromatic carbocycles. The second-order valence-corrected chi connectivity index (χ2v) is 6.66. The first kappa shape index (κ1) is 18.0. The van der Waals surface area contributed by atoms with Crippen molar-refractivity contribution in [3.8, 4) is 5.75 Å². The Hall–Kier alpha value is -2.77. The molecule has 1 aliphatic rings. The number of halogens is 1. The number of aliphatic imine (C=N–C) groups is 1. The van der Waals surface area contributed by atoms with Crippen molar-refractivity contribution < 1.29 is 19.4 Å². The van der Waals surface area contributed by atoms with Crippen molar-refractivity contribution in [1.29, 1.82) is 0 Å². The van der Waals surface area contributed by atoms with E-state index in [4.69, 9.17) is 21.4 Å². The molecule has 0 bridgehead atoms. The lowest BCUT2D eigenvalue weighted by Gasteiger charge is -2.01. The normalized spacial score (nSPS) is 16.8. The van der Waals surface area contributed by atoms with Crippen LogP contribution in [-0.2, 0) is 4.79 Å². The summed E-state index contributed by atoms with van der Waals surface area (Å²) in [6.07, 6.45) is 1.74. The predicted octanol–water partition coefficient (Wildman–Crippen LogP) is 3.94. The first-order chi connectivity index (χ1) is 12.5. The molecule has 1 heterocycles. The maximum atomic E-state index is 12.1. The van der Waals surface area contributed by atoms with Crippen molar-refractivity contribution in [3.05, 3.63) is 63.5 Å². The topological polar surface area (TPSA) is 88.0 Å². The summed E-state index contributed by atoms with van der Waals surface area (Å²) in [6.45, 7) is 0. The molecule has 1 saturated heterocycles. The van der Waals surface area contributed by atoms with Gasteiger partial charge in [0.05, 0.1) is 28.3 Å². The summed E-state index contributed by atoms with van der Waals surface area (Å²) >= 11 is 7.02. The highest BCUT2D eigenvalue weighted by Crippen LogP contribution is 2.29. The minimum atomic E-state index is -1.14. The van der Waals surface area contributed by atoms with E-state index in [9.17, 15) is 9.59 Å². The van der Waals surface area contributed by atoms with Crippen LogP contribution in [0.4, 0.5) is 5.69 Å². The number of methoxy groups -OCH3 is 1. The third kappa shape index (κ3) is 4.07. The van der Waals surface area contributed by atoms with Crippen molar-refractivity contribution in [2.24, 2.45) is 4.99 Å². The summed E-state index contributed by atoms with van der Waals surface area (Å²) in [7, 11) is 1.59. The fraction of sp³-hybridized carbons (Fsp3) is 0.0556. The third-order valence-electron chi connectivity index (χ3n) is 3.48. The Morgan fingerprint density at radius 1 is 1.27 bits per heavy atom. The number of amidine groups is 1. The second-order valence-electron chi connectivity index (χ2n) is 5.22. The Labute approximate surface area is 158 Å². The number of rotatable bonds is 4. The molecule has 8 heteroatoms. The Bertz CT molecular complexity index is 939. The maximum absolute atomic E-state index is 12.1. The molecule has 1 fully saturated rings. The minimum absolute atomic E-state index is 0.0446. The number of ether oxygens (including phenoxy) is 1. The fourth-order valence-corrected chi connectivity index (χ4v) is 3.24. The Morgan fingerprint density at radius 3 is 2.65 bits per heavy atom. The molecular weight excluding hydrogens is 376 g/mol. The quantitative estimate of drug-likeness (QED) is 0.774. The number of thioether (sulfide) groups is 1. The number of carbonyl (C=O) groups is 2. The lowest BCUT2D eigenvalue weighted by molar-refractivity contribution is -0.115. The summed E-state index contributed by atoms with van der Waals surface area (Å²) < 4.78 is 5.10. The van der Waals surface area contributed by atoms with Gasteiger partial charge in [-0.2, -0.15) is 0 Å². The van der Waals surface area contributed by atoms with Gasteiger partial charge in [0.25, 0.3) is 5.91 Å². The van der Waals surface area contributed by atoms with Gasteiger partial charge in [-0.3, -0.25) is 4.79 Å². The molecule has 0 radical (unpaired) electrons. The molecule has 6 nitrogen and oxygen atoms in total. The standard InChI is InChI=1S/C18H13ClN2O4S/c1-25-12-5-2-10(3-6-12)8-15-16(22)21-18(26-15)20-11-4-7-14(19)13(9-11)17(23)24/h2-9H,1H3,(H,23,24)(H,20,21,22)/b15-8+. The van der Waals surface area contributed by atoms with E-state index in [0.29, 0.717) is 15.8 Å². The molecule has 3 rings (SSSR count). The zero-order chi connectivity index (χ0) is 18.7. The van der Waals surface area contributed by atoms with Gasteiger partial charge in [0.15, 0.2) is 5.17 Å². The molecule has 2 aromatic rings. The number of amides is 1. The number of hydrogen-bond donors (Lipinski definition) is 2. The average Bonchev–Trinajstić information content (AvgIpc) is 2.96. The van der Waals surface area contributed by atoms with Crippen LogP contribution in [0.15, 0.2) is 52.4 Å². The summed E-state index contributed by atoms with van der Waals surface area (Å²) in [5.41, 5.74) is 1.20. The number of aromatic carboxylic acids is 1. The van der Waals surface area contributed by atoms with Gasteiger partial charge in [-0.25, -0.2) is 9.79 Å². The Morgan fingerprint density at radius 2 is 2.00 bits per heavy atom. The number of carboxylic acid groups (broad SMARTS) is 1. The number of nitrogens with zero attached hydrogens (tertiary/aromatic N) is 1. The van der Waals surface area contributed by atoms with E-state index < -0.39 is 5.97 Å². The van der Waals surface area contributed by atoms with Gasteiger partial charge in [0, 0.05) is 0 Å². The number of nitrogens with one attached hydrogen (secondary N) is 1. The third-order valence-corrected chi connectivity index (χ3v) is 4.71. The predicted molar refractivity (Wildman–Crippen MR) is 102 cm³/mol. The van der Waals surface area contributed by atoms with Gasteiger partial charge in [0.2, 0.25) is 0 Å². The molecular formula is C18H13ClN2O4S. The second kappa shape index (κ2) is 7.63. The van der Waals surface area contributed by atoms with Crippen LogP contribution in [0.1, 0.15) is 15.9 Å². The van der Waals surface area contributed by atoms with E-state index in [1.165, 1.54) is 23.9 Å². The monoisotopic (exact) mass is 388 g/mol. The largest absolute Gasteiger partial charge is 0.497 e. The van der Waals surface area contributed by atoms with Crippen LogP contribution in [0.3, 0.4) is 0 Å². The lowest BCUT2D eigenvalue weighted by atomic mass is 10.2. The molecule has 26 heavy (non-hydrogen) atoms. The van der Waals surface area contributed by atoms with Crippen LogP contribution in [0.2, 0.25) is 5.02 Å². The van der Waals surface area contributed by atoms with E-state index in [0.717, 1.165) is 11.3 Å². The smallest absolute Gasteiger partial charge is 0.337 e. The summed E-state index contributed by atoms with van der Waals surface area (Å²) in [5.74, 6) is -0.674. The van der Waals surface area contributed by atoms with Gasteiger partial charge in [-0.1, -0.05) is 23.7 Å². The zero-order valence-electron chi connectivity index (χ0n) is 13.5. The Kier molecular flexibility index (Phi) is 5.29. The number of carboxylic acids is 1. The molecule has 1 aliphatic heterocycles. The summed E-state index contributed by atoms with van der Waals surface area (Å²) in [6, 6.07) is 11.7. The van der Waals surface area contributed by atoms with Crippen LogP contribution in [0, 0.1) is 0 Å². The Balaban J connectivity index is 1.82. The molecule has 0 spiro atoms. The van der Waals surface area contributed by atoms with E-state index in [1.54, 1.807) is 31.4 Å². The fourth-order valence-electron chi connectivity index (χ4n) is 2.20. The highest BCUT2D eigenvalue weighted by Gasteiger charge is 2.24. The summed E-state index contributed by atoms with van der Waals surface area (Å²) in [4.78, 5) is 28.0. The maximum Gasteiger partial charge on any atom is 0.337 e. The van der Waals surface area contributed by atoms with Gasteiger partial charge < -0.3 is 15.2 Å². The van der Waals surface area contributed by atoms with Crippen molar-refractivity contribution in [3.63, 3.8) is 0 Å². The van der Waals surface area contributed by atoms with Crippen LogP contribution >= 0.6 is 23.4 Å². The van der Waals surface area contributed by atoms with Crippen molar-refractivity contribution in [1.82, 2.24) is 5.32 Å². The first-order valence-electron chi connectivity index (χ1n) is 7.43. The molecule has 1 amide bonds. The van der Waals surface area contributed by atoms with Crippen molar-refractivity contribution in [2.45, 2.75) is 0 Å². The number of hydrogen-bond acceptors (Lipinski definition) is 5. The molecule has 0 atom stereocenters. The summed E-state index contributed by atoms with van der Waals surface area (Å²) in [5, 5.41) is 12.3. The zero-order valence-corrected chi connectivity index (χ0v) is 15.1. The van der Waals surface area contributed by atoms with Crippen LogP contribution in [0.25, 0.3) is 6.08 Å². The molecule has 0 aromatic heterocycles. The van der Waals surface area contributed by atoms with E-state index >= 15 is 0 Å². The van der Waals surface area contributed by atoms with Crippen molar-refractivity contribution >= 4 is 52.2 Å². The van der Waals surface area contributed by atoms with E-state index in [-0.39, 0.29) is 16.5 Å².